The van der Waals surface area contributed by atoms with Crippen LogP contribution in [0.2, 0.25) is 0 Å². The number of hydrogen-bond donors (Lipinski definition) is 0. The van der Waals surface area contributed by atoms with Gasteiger partial charge in [0, 0.05) is 12.0 Å². The molecule has 0 amide bonds. The first-order valence-electron chi connectivity index (χ1n) is 5.40. The molecule has 0 aliphatic rings. The minimum Gasteiger partial charge on any atom is -0.233 e. The molecule has 1 aromatic heterocycles. The fraction of sp³-hybridized carbons (Fsp3) is 0.231. The molecule has 1 heterocycles. The number of aromatic nitrogens is 2. The van der Waals surface area contributed by atoms with Crippen molar-refractivity contribution in [2.45, 2.75) is 20.3 Å². The first-order chi connectivity index (χ1) is 8.10. The molecule has 2 aromatic rings. The van der Waals surface area contributed by atoms with E-state index in [4.69, 9.17) is 0 Å². The summed E-state index contributed by atoms with van der Waals surface area (Å²) in [6, 6.07) is 6.74. The Balaban J connectivity index is 2.59. The summed E-state index contributed by atoms with van der Waals surface area (Å²) in [6.07, 6.45) is 0.722. The number of benzene rings is 1. The van der Waals surface area contributed by atoms with Crippen molar-refractivity contribution in [3.8, 4) is 11.3 Å². The minimum atomic E-state index is -0.261. The maximum Gasteiger partial charge on any atom is 0.132 e. The van der Waals surface area contributed by atoms with Crippen molar-refractivity contribution in [1.82, 2.24) is 9.97 Å². The zero-order valence-electron chi connectivity index (χ0n) is 9.67. The monoisotopic (exact) mass is 294 g/mol. The van der Waals surface area contributed by atoms with E-state index in [0.717, 1.165) is 12.0 Å². The molecule has 0 aliphatic carbocycles. The first kappa shape index (κ1) is 12.2. The molecule has 2 rings (SSSR count). The Morgan fingerprint density at radius 1 is 1.24 bits per heavy atom. The van der Waals surface area contributed by atoms with Gasteiger partial charge in [0.1, 0.15) is 16.2 Å². The van der Waals surface area contributed by atoms with Crippen LogP contribution in [0.5, 0.6) is 0 Å². The van der Waals surface area contributed by atoms with E-state index < -0.39 is 0 Å². The van der Waals surface area contributed by atoms with E-state index in [-0.39, 0.29) is 5.82 Å². The molecular weight excluding hydrogens is 283 g/mol. The van der Waals surface area contributed by atoms with Gasteiger partial charge < -0.3 is 0 Å². The summed E-state index contributed by atoms with van der Waals surface area (Å²) in [7, 11) is 0. The third-order valence-corrected chi connectivity index (χ3v) is 2.86. The van der Waals surface area contributed by atoms with Crippen LogP contribution < -0.4 is 0 Å². The Kier molecular flexibility index (Phi) is 3.52. The molecule has 0 radical (unpaired) electrons. The van der Waals surface area contributed by atoms with Crippen molar-refractivity contribution in [3.05, 3.63) is 46.1 Å². The molecule has 4 heteroatoms. The average molecular weight is 295 g/mol. The van der Waals surface area contributed by atoms with Crippen LogP contribution in [0.3, 0.4) is 0 Å². The molecular formula is C13H12BrFN2. The van der Waals surface area contributed by atoms with Crippen LogP contribution >= 0.6 is 15.9 Å². The van der Waals surface area contributed by atoms with Crippen LogP contribution in [0.1, 0.15) is 18.3 Å². The van der Waals surface area contributed by atoms with E-state index in [1.165, 1.54) is 6.07 Å². The molecule has 17 heavy (non-hydrogen) atoms. The highest BCUT2D eigenvalue weighted by atomic mass is 79.9. The van der Waals surface area contributed by atoms with Crippen LogP contribution in [-0.4, -0.2) is 9.97 Å². The summed E-state index contributed by atoms with van der Waals surface area (Å²) in [5.41, 5.74) is 2.14. The highest BCUT2D eigenvalue weighted by Gasteiger charge is 2.09. The zero-order chi connectivity index (χ0) is 12.4. The van der Waals surface area contributed by atoms with Gasteiger partial charge in [-0.2, -0.15) is 0 Å². The second kappa shape index (κ2) is 4.92. The Hall–Kier alpha value is -1.29. The van der Waals surface area contributed by atoms with E-state index in [1.807, 2.05) is 13.8 Å². The van der Waals surface area contributed by atoms with Crippen molar-refractivity contribution < 1.29 is 4.39 Å². The lowest BCUT2D eigenvalue weighted by Gasteiger charge is -2.06. The molecule has 0 saturated carbocycles. The Bertz CT molecular complexity index is 555. The van der Waals surface area contributed by atoms with Gasteiger partial charge in [-0.3, -0.25) is 0 Å². The molecule has 0 unspecified atom stereocenters. The lowest BCUT2D eigenvalue weighted by Crippen LogP contribution is -1.97. The summed E-state index contributed by atoms with van der Waals surface area (Å²) in [5.74, 6) is 0.443. The normalized spacial score (nSPS) is 10.6. The van der Waals surface area contributed by atoms with Crippen molar-refractivity contribution in [1.29, 1.82) is 0 Å². The van der Waals surface area contributed by atoms with Gasteiger partial charge in [-0.15, -0.1) is 0 Å². The molecule has 0 aliphatic heterocycles. The lowest BCUT2D eigenvalue weighted by atomic mass is 10.1. The Morgan fingerprint density at radius 3 is 2.71 bits per heavy atom. The second-order valence-electron chi connectivity index (χ2n) is 3.83. The van der Waals surface area contributed by atoms with E-state index in [9.17, 15) is 4.39 Å². The van der Waals surface area contributed by atoms with Gasteiger partial charge in [-0.1, -0.05) is 18.6 Å². The first-order valence-corrected chi connectivity index (χ1v) is 6.19. The molecule has 0 saturated heterocycles. The Morgan fingerprint density at radius 2 is 2.00 bits per heavy atom. The van der Waals surface area contributed by atoms with Crippen LogP contribution in [0.15, 0.2) is 28.9 Å². The minimum absolute atomic E-state index is 0.261. The summed E-state index contributed by atoms with van der Waals surface area (Å²) in [4.78, 5) is 8.56. The number of aryl methyl sites for hydroxylation is 2. The SMILES string of the molecule is CCc1nc(Br)cc(-c2cc(C)ccc2F)n1. The zero-order valence-corrected chi connectivity index (χ0v) is 11.3. The second-order valence-corrected chi connectivity index (χ2v) is 4.64. The maximum atomic E-state index is 13.7. The van der Waals surface area contributed by atoms with Crippen molar-refractivity contribution in [2.24, 2.45) is 0 Å². The smallest absolute Gasteiger partial charge is 0.132 e. The van der Waals surface area contributed by atoms with Gasteiger partial charge >= 0.3 is 0 Å². The molecule has 0 fully saturated rings. The van der Waals surface area contributed by atoms with Crippen LogP contribution in [0.25, 0.3) is 11.3 Å². The standard InChI is InChI=1S/C13H12BrFN2/c1-3-13-16-11(7-12(14)17-13)9-6-8(2)4-5-10(9)15/h4-7H,3H2,1-2H3. The van der Waals surface area contributed by atoms with Gasteiger partial charge in [0.2, 0.25) is 0 Å². The fourth-order valence-electron chi connectivity index (χ4n) is 1.60. The quantitative estimate of drug-likeness (QED) is 0.785. The third-order valence-electron chi connectivity index (χ3n) is 2.46. The summed E-state index contributed by atoms with van der Waals surface area (Å²) < 4.78 is 14.4. The van der Waals surface area contributed by atoms with Gasteiger partial charge in [-0.25, -0.2) is 14.4 Å². The van der Waals surface area contributed by atoms with Gasteiger partial charge in [0.15, 0.2) is 0 Å². The van der Waals surface area contributed by atoms with E-state index >= 15 is 0 Å². The molecule has 0 N–H and O–H groups in total. The van der Waals surface area contributed by atoms with Crippen LogP contribution in [-0.2, 0) is 6.42 Å². The van der Waals surface area contributed by atoms with Crippen LogP contribution in [0, 0.1) is 12.7 Å². The summed E-state index contributed by atoms with van der Waals surface area (Å²) in [6.45, 7) is 3.90. The fourth-order valence-corrected chi connectivity index (χ4v) is 2.02. The summed E-state index contributed by atoms with van der Waals surface area (Å²) in [5, 5.41) is 0. The molecule has 0 spiro atoms. The lowest BCUT2D eigenvalue weighted by molar-refractivity contribution is 0.630. The molecule has 0 bridgehead atoms. The van der Waals surface area contributed by atoms with Gasteiger partial charge in [0.25, 0.3) is 0 Å². The van der Waals surface area contributed by atoms with Gasteiger partial charge in [0.05, 0.1) is 5.69 Å². The number of nitrogens with zero attached hydrogens (tertiary/aromatic N) is 2. The molecule has 2 nitrogen and oxygen atoms in total. The molecule has 0 atom stereocenters. The highest BCUT2D eigenvalue weighted by Crippen LogP contribution is 2.24. The topological polar surface area (TPSA) is 25.8 Å². The predicted molar refractivity (Wildman–Crippen MR) is 69.2 cm³/mol. The predicted octanol–water partition coefficient (Wildman–Crippen LogP) is 3.92. The number of halogens is 2. The highest BCUT2D eigenvalue weighted by molar-refractivity contribution is 9.10. The number of rotatable bonds is 2. The molecule has 88 valence electrons. The van der Waals surface area contributed by atoms with Crippen LogP contribution in [0.4, 0.5) is 4.39 Å². The van der Waals surface area contributed by atoms with E-state index in [0.29, 0.717) is 21.7 Å². The largest absolute Gasteiger partial charge is 0.233 e. The third kappa shape index (κ3) is 2.69. The van der Waals surface area contributed by atoms with Gasteiger partial charge in [-0.05, 0) is 41.1 Å². The van der Waals surface area contributed by atoms with E-state index in [2.05, 4.69) is 25.9 Å². The molecule has 1 aromatic carbocycles. The average Bonchev–Trinajstić information content (AvgIpc) is 2.31. The van der Waals surface area contributed by atoms with E-state index in [1.54, 1.807) is 18.2 Å². The van der Waals surface area contributed by atoms with Crippen molar-refractivity contribution in [3.63, 3.8) is 0 Å². The van der Waals surface area contributed by atoms with Crippen molar-refractivity contribution >= 4 is 15.9 Å². The summed E-state index contributed by atoms with van der Waals surface area (Å²) >= 11 is 3.32. The Labute approximate surface area is 108 Å². The maximum absolute atomic E-state index is 13.7. The van der Waals surface area contributed by atoms with Crippen molar-refractivity contribution in [2.75, 3.05) is 0 Å². The number of hydrogen-bond acceptors (Lipinski definition) is 2.